The zero-order chi connectivity index (χ0) is 22.6. The van der Waals surface area contributed by atoms with E-state index in [1.165, 1.54) is 5.56 Å². The van der Waals surface area contributed by atoms with Gasteiger partial charge in [0.1, 0.15) is 5.60 Å². The first kappa shape index (κ1) is 23.5. The summed E-state index contributed by atoms with van der Waals surface area (Å²) in [6.45, 7) is 13.3. The highest BCUT2D eigenvalue weighted by Gasteiger charge is 2.45. The smallest absolute Gasteiger partial charge is 0.407 e. The molecule has 0 aromatic heterocycles. The maximum atomic E-state index is 13.5. The number of alkyl carbamates (subject to hydrolysis) is 1. The zero-order valence-electron chi connectivity index (χ0n) is 19.5. The number of nitrogens with one attached hydrogen (secondary N) is 1. The largest absolute Gasteiger partial charge is 0.444 e. The number of morpholine rings is 1. The van der Waals surface area contributed by atoms with Gasteiger partial charge in [0.05, 0.1) is 24.2 Å². The summed E-state index contributed by atoms with van der Waals surface area (Å²) in [5.74, 6) is 0.0590. The molecule has 2 saturated heterocycles. The molecule has 7 heteroatoms. The van der Waals surface area contributed by atoms with Crippen molar-refractivity contribution in [1.82, 2.24) is 15.1 Å². The average Bonchev–Trinajstić information content (AvgIpc) is 3.16. The van der Waals surface area contributed by atoms with Crippen molar-refractivity contribution in [2.45, 2.75) is 65.3 Å². The van der Waals surface area contributed by atoms with E-state index >= 15 is 0 Å². The summed E-state index contributed by atoms with van der Waals surface area (Å²) in [7, 11) is 0. The van der Waals surface area contributed by atoms with E-state index < -0.39 is 17.1 Å². The molecule has 2 amide bonds. The molecule has 0 radical (unpaired) electrons. The number of rotatable bonds is 6. The molecule has 7 nitrogen and oxygen atoms in total. The van der Waals surface area contributed by atoms with Crippen molar-refractivity contribution >= 4 is 12.0 Å². The molecular formula is C24H37N3O4. The van der Waals surface area contributed by atoms with Crippen molar-refractivity contribution in [3.8, 4) is 0 Å². The monoisotopic (exact) mass is 431 g/mol. The van der Waals surface area contributed by atoms with Gasteiger partial charge in [-0.25, -0.2) is 4.79 Å². The molecule has 1 N–H and O–H groups in total. The number of hydrogen-bond donors (Lipinski definition) is 1. The summed E-state index contributed by atoms with van der Waals surface area (Å²) in [4.78, 5) is 29.9. The second kappa shape index (κ2) is 9.57. The molecular weight excluding hydrogens is 394 g/mol. The van der Waals surface area contributed by atoms with Gasteiger partial charge in [0.2, 0.25) is 5.91 Å². The fraction of sp³-hybridized carbons (Fsp3) is 0.667. The molecule has 31 heavy (non-hydrogen) atoms. The van der Waals surface area contributed by atoms with Crippen molar-refractivity contribution < 1.29 is 19.1 Å². The number of nitrogens with zero attached hydrogens (tertiary/aromatic N) is 2. The van der Waals surface area contributed by atoms with E-state index in [0.717, 1.165) is 13.1 Å². The molecule has 0 aliphatic carbocycles. The van der Waals surface area contributed by atoms with Gasteiger partial charge in [-0.2, -0.15) is 0 Å². The topological polar surface area (TPSA) is 71.1 Å². The SMILES string of the molecule is CC[C@](C)(CNC(=O)OC(C)(C)C)C(=O)N1C[C@@H]2[C@@H](C1)OCCN2Cc1ccccc1. The van der Waals surface area contributed by atoms with E-state index in [-0.39, 0.29) is 24.6 Å². The molecule has 1 aromatic carbocycles. The van der Waals surface area contributed by atoms with Crippen molar-refractivity contribution in [2.75, 3.05) is 32.8 Å². The van der Waals surface area contributed by atoms with Crippen LogP contribution in [0.15, 0.2) is 30.3 Å². The number of fused-ring (bicyclic) bond motifs is 1. The van der Waals surface area contributed by atoms with Crippen LogP contribution in [-0.2, 0) is 20.8 Å². The Morgan fingerprint density at radius 2 is 1.87 bits per heavy atom. The number of likely N-dealkylation sites (tertiary alicyclic amines) is 1. The van der Waals surface area contributed by atoms with Gasteiger partial charge in [0.15, 0.2) is 0 Å². The number of ether oxygens (including phenoxy) is 2. The lowest BCUT2D eigenvalue weighted by atomic mass is 9.85. The molecule has 3 rings (SSSR count). The summed E-state index contributed by atoms with van der Waals surface area (Å²) in [6, 6.07) is 10.6. The third-order valence-electron chi connectivity index (χ3n) is 6.25. The first-order valence-electron chi connectivity index (χ1n) is 11.3. The van der Waals surface area contributed by atoms with Crippen molar-refractivity contribution in [3.05, 3.63) is 35.9 Å². The number of carbonyl (C=O) groups is 2. The summed E-state index contributed by atoms with van der Waals surface area (Å²) in [5, 5.41) is 2.79. The fourth-order valence-corrected chi connectivity index (χ4v) is 4.25. The predicted octanol–water partition coefficient (Wildman–Crippen LogP) is 3.04. The Balaban J connectivity index is 1.62. The van der Waals surface area contributed by atoms with Gasteiger partial charge in [-0.15, -0.1) is 0 Å². The molecule has 0 bridgehead atoms. The van der Waals surface area contributed by atoms with Crippen LogP contribution < -0.4 is 5.32 Å². The molecule has 3 atom stereocenters. The molecule has 1 aromatic rings. The highest BCUT2D eigenvalue weighted by molar-refractivity contribution is 5.83. The van der Waals surface area contributed by atoms with Crippen LogP contribution in [0.3, 0.4) is 0 Å². The highest BCUT2D eigenvalue weighted by Crippen LogP contribution is 2.30. The highest BCUT2D eigenvalue weighted by atomic mass is 16.6. The minimum Gasteiger partial charge on any atom is -0.444 e. The molecule has 0 saturated carbocycles. The first-order chi connectivity index (χ1) is 14.6. The fourth-order valence-electron chi connectivity index (χ4n) is 4.25. The quantitative estimate of drug-likeness (QED) is 0.750. The van der Waals surface area contributed by atoms with Gasteiger partial charge in [0.25, 0.3) is 0 Å². The van der Waals surface area contributed by atoms with Gasteiger partial charge < -0.3 is 19.7 Å². The van der Waals surface area contributed by atoms with Crippen LogP contribution in [0.2, 0.25) is 0 Å². The van der Waals surface area contributed by atoms with Crippen molar-refractivity contribution in [2.24, 2.45) is 5.41 Å². The Labute approximate surface area is 186 Å². The standard InChI is InChI=1S/C24H37N3O4/c1-6-24(5,17-25-22(29)31-23(2,3)4)21(28)27-15-19-20(16-27)30-13-12-26(19)14-18-10-8-7-9-11-18/h7-11,19-20H,6,12-17H2,1-5H3,(H,25,29)/t19-,20-,24-/m1/s1. The maximum absolute atomic E-state index is 13.5. The number of amides is 2. The van der Waals surface area contributed by atoms with Gasteiger partial charge in [-0.3, -0.25) is 9.69 Å². The molecule has 0 unspecified atom stereocenters. The maximum Gasteiger partial charge on any atom is 0.407 e. The summed E-state index contributed by atoms with van der Waals surface area (Å²) >= 11 is 0. The summed E-state index contributed by atoms with van der Waals surface area (Å²) < 4.78 is 11.4. The van der Waals surface area contributed by atoms with E-state index in [1.54, 1.807) is 0 Å². The summed E-state index contributed by atoms with van der Waals surface area (Å²) in [5.41, 5.74) is 0.0168. The predicted molar refractivity (Wildman–Crippen MR) is 120 cm³/mol. The second-order valence-electron chi connectivity index (χ2n) is 9.91. The Morgan fingerprint density at radius 1 is 1.16 bits per heavy atom. The lowest BCUT2D eigenvalue weighted by Crippen LogP contribution is -2.50. The van der Waals surface area contributed by atoms with Gasteiger partial charge in [0, 0.05) is 32.7 Å². The number of benzene rings is 1. The van der Waals surface area contributed by atoms with E-state index in [1.807, 2.05) is 45.6 Å². The van der Waals surface area contributed by atoms with E-state index in [9.17, 15) is 9.59 Å². The zero-order valence-corrected chi connectivity index (χ0v) is 19.5. The van der Waals surface area contributed by atoms with Crippen LogP contribution in [0.4, 0.5) is 4.79 Å². The number of hydrogen-bond acceptors (Lipinski definition) is 5. The van der Waals surface area contributed by atoms with Gasteiger partial charge >= 0.3 is 6.09 Å². The lowest BCUT2D eigenvalue weighted by Gasteiger charge is -2.36. The summed E-state index contributed by atoms with van der Waals surface area (Å²) in [6.07, 6.45) is 0.163. The van der Waals surface area contributed by atoms with Crippen LogP contribution in [-0.4, -0.2) is 72.3 Å². The van der Waals surface area contributed by atoms with Crippen LogP contribution >= 0.6 is 0 Å². The average molecular weight is 432 g/mol. The molecule has 0 spiro atoms. The molecule has 172 valence electrons. The Morgan fingerprint density at radius 3 is 2.52 bits per heavy atom. The van der Waals surface area contributed by atoms with Gasteiger partial charge in [-0.05, 0) is 39.7 Å². The van der Waals surface area contributed by atoms with E-state index in [2.05, 4.69) is 34.5 Å². The molecule has 2 fully saturated rings. The Bertz CT molecular complexity index is 764. The minimum absolute atomic E-state index is 0.0290. The van der Waals surface area contributed by atoms with E-state index in [4.69, 9.17) is 9.47 Å². The Kier molecular flexibility index (Phi) is 7.27. The first-order valence-corrected chi connectivity index (χ1v) is 11.3. The van der Waals surface area contributed by atoms with Crippen molar-refractivity contribution in [1.29, 1.82) is 0 Å². The molecule has 2 aliphatic heterocycles. The van der Waals surface area contributed by atoms with Crippen LogP contribution in [0, 0.1) is 5.41 Å². The third kappa shape index (κ3) is 5.98. The van der Waals surface area contributed by atoms with Crippen molar-refractivity contribution in [3.63, 3.8) is 0 Å². The van der Waals surface area contributed by atoms with Gasteiger partial charge in [-0.1, -0.05) is 37.3 Å². The van der Waals surface area contributed by atoms with E-state index in [0.29, 0.717) is 26.1 Å². The Hall–Kier alpha value is -2.12. The molecule has 2 heterocycles. The second-order valence-corrected chi connectivity index (χ2v) is 9.91. The lowest BCUT2D eigenvalue weighted by molar-refractivity contribution is -0.140. The van der Waals surface area contributed by atoms with Crippen LogP contribution in [0.5, 0.6) is 0 Å². The normalized spacial score (nSPS) is 23.7. The minimum atomic E-state index is -0.686. The number of carbonyl (C=O) groups excluding carboxylic acids is 2. The van der Waals surface area contributed by atoms with Crippen LogP contribution in [0.1, 0.15) is 46.6 Å². The van der Waals surface area contributed by atoms with Crippen LogP contribution in [0.25, 0.3) is 0 Å². The molecule has 2 aliphatic rings. The third-order valence-corrected chi connectivity index (χ3v) is 6.25.